The Morgan fingerprint density at radius 3 is 2.52 bits per heavy atom. The summed E-state index contributed by atoms with van der Waals surface area (Å²) in [5.74, 6) is -2.59. The Kier molecular flexibility index (Phi) is 4.68. The van der Waals surface area contributed by atoms with Crippen LogP contribution in [0.15, 0.2) is 50.6 Å². The predicted octanol–water partition coefficient (Wildman–Crippen LogP) is 1.21. The highest BCUT2D eigenvalue weighted by Gasteiger charge is 2.28. The van der Waals surface area contributed by atoms with Gasteiger partial charge in [0.05, 0.1) is 30.1 Å². The number of aryl methyl sites for hydroxylation is 1. The number of carboxylic acids is 2. The summed E-state index contributed by atoms with van der Waals surface area (Å²) < 4.78 is 6.94. The fourth-order valence-electron chi connectivity index (χ4n) is 2.95. The summed E-state index contributed by atoms with van der Waals surface area (Å²) in [6, 6.07) is 6.28. The molecule has 0 amide bonds. The van der Waals surface area contributed by atoms with Gasteiger partial charge in [0.2, 0.25) is 0 Å². The van der Waals surface area contributed by atoms with Gasteiger partial charge in [-0.15, -0.1) is 0 Å². The summed E-state index contributed by atoms with van der Waals surface area (Å²) in [5, 5.41) is 18.5. The summed E-state index contributed by atoms with van der Waals surface area (Å²) in [7, 11) is 0. The van der Waals surface area contributed by atoms with Crippen LogP contribution in [0, 0.1) is 6.92 Å². The minimum absolute atomic E-state index is 0.0366. The maximum absolute atomic E-state index is 13.0. The van der Waals surface area contributed by atoms with Crippen LogP contribution in [0.3, 0.4) is 0 Å². The van der Waals surface area contributed by atoms with Crippen molar-refractivity contribution in [3.63, 3.8) is 0 Å². The molecule has 0 aliphatic heterocycles. The maximum Gasteiger partial charge on any atom is 0.332 e. The summed E-state index contributed by atoms with van der Waals surface area (Å²) in [6.07, 6.45) is 0.524. The third kappa shape index (κ3) is 3.39. The van der Waals surface area contributed by atoms with Crippen LogP contribution in [0.1, 0.15) is 23.8 Å². The number of fused-ring (bicyclic) bond motifs is 1. The number of rotatable bonds is 6. The average Bonchev–Trinajstić information content (AvgIpc) is 3.10. The molecule has 0 saturated carbocycles. The van der Waals surface area contributed by atoms with Gasteiger partial charge in [0.1, 0.15) is 11.8 Å². The highest BCUT2D eigenvalue weighted by Crippen LogP contribution is 2.15. The Hall–Kier alpha value is -3.62. The fraction of sp³-hybridized carbons (Fsp3) is 0.222. The van der Waals surface area contributed by atoms with Gasteiger partial charge in [-0.2, -0.15) is 0 Å². The van der Waals surface area contributed by atoms with E-state index < -0.39 is 35.7 Å². The van der Waals surface area contributed by atoms with Crippen molar-refractivity contribution in [1.82, 2.24) is 9.13 Å². The standard InChI is InChI=1S/C18H16N2O7/c1-10-4-5-13-12(7-10)16(23)20(14(17(24)25)8-15(21)22)18(26)19(13)9-11-3-2-6-27-11/h2-7,14H,8-9H2,1H3,(H,21,22)(H,24,25). The van der Waals surface area contributed by atoms with Crippen LogP contribution in [0.2, 0.25) is 0 Å². The number of carboxylic acid groups (broad SMARTS) is 2. The minimum Gasteiger partial charge on any atom is -0.481 e. The molecular formula is C18H16N2O7. The van der Waals surface area contributed by atoms with E-state index >= 15 is 0 Å². The molecule has 1 unspecified atom stereocenters. The second kappa shape index (κ2) is 6.94. The first-order chi connectivity index (χ1) is 12.8. The number of carbonyl (C=O) groups is 2. The van der Waals surface area contributed by atoms with Gasteiger partial charge in [-0.1, -0.05) is 11.6 Å². The zero-order valence-electron chi connectivity index (χ0n) is 14.3. The molecular weight excluding hydrogens is 356 g/mol. The number of aliphatic carboxylic acids is 2. The monoisotopic (exact) mass is 372 g/mol. The molecule has 27 heavy (non-hydrogen) atoms. The predicted molar refractivity (Wildman–Crippen MR) is 93.9 cm³/mol. The van der Waals surface area contributed by atoms with Gasteiger partial charge < -0.3 is 14.6 Å². The molecule has 0 saturated heterocycles. The van der Waals surface area contributed by atoms with E-state index in [-0.39, 0.29) is 11.9 Å². The van der Waals surface area contributed by atoms with Gasteiger partial charge in [0, 0.05) is 0 Å². The molecule has 0 fully saturated rings. The third-order valence-corrected chi connectivity index (χ3v) is 4.19. The molecule has 140 valence electrons. The van der Waals surface area contributed by atoms with Crippen molar-refractivity contribution in [1.29, 1.82) is 0 Å². The quantitative estimate of drug-likeness (QED) is 0.665. The summed E-state index contributed by atoms with van der Waals surface area (Å²) in [4.78, 5) is 48.5. The first-order valence-electron chi connectivity index (χ1n) is 8.02. The number of hydrogen-bond acceptors (Lipinski definition) is 5. The van der Waals surface area contributed by atoms with E-state index in [9.17, 15) is 24.3 Å². The van der Waals surface area contributed by atoms with Crippen molar-refractivity contribution in [2.75, 3.05) is 0 Å². The molecule has 0 radical (unpaired) electrons. The lowest BCUT2D eigenvalue weighted by atomic mass is 10.1. The Balaban J connectivity index is 2.36. The second-order valence-electron chi connectivity index (χ2n) is 6.10. The molecule has 9 heteroatoms. The Morgan fingerprint density at radius 1 is 1.19 bits per heavy atom. The molecule has 0 aliphatic carbocycles. The smallest absolute Gasteiger partial charge is 0.332 e. The van der Waals surface area contributed by atoms with E-state index in [1.54, 1.807) is 31.2 Å². The van der Waals surface area contributed by atoms with Crippen molar-refractivity contribution in [3.05, 3.63) is 68.8 Å². The number of aromatic nitrogens is 2. The van der Waals surface area contributed by atoms with Gasteiger partial charge in [-0.3, -0.25) is 14.2 Å². The van der Waals surface area contributed by atoms with Crippen molar-refractivity contribution in [3.8, 4) is 0 Å². The van der Waals surface area contributed by atoms with Crippen molar-refractivity contribution >= 4 is 22.8 Å². The molecule has 2 heterocycles. The number of benzene rings is 1. The van der Waals surface area contributed by atoms with Crippen molar-refractivity contribution in [2.24, 2.45) is 0 Å². The molecule has 1 atom stereocenters. The number of hydrogen-bond donors (Lipinski definition) is 2. The minimum atomic E-state index is -1.82. The van der Waals surface area contributed by atoms with E-state index in [4.69, 9.17) is 9.52 Å². The lowest BCUT2D eigenvalue weighted by molar-refractivity contribution is -0.147. The Morgan fingerprint density at radius 2 is 1.93 bits per heavy atom. The highest BCUT2D eigenvalue weighted by atomic mass is 16.4. The van der Waals surface area contributed by atoms with Gasteiger partial charge in [0.25, 0.3) is 5.56 Å². The molecule has 0 bridgehead atoms. The molecule has 1 aromatic carbocycles. The SMILES string of the molecule is Cc1ccc2c(c1)c(=O)n(C(CC(=O)O)C(=O)O)c(=O)n2Cc1ccco1. The second-order valence-corrected chi connectivity index (χ2v) is 6.10. The normalized spacial score (nSPS) is 12.2. The van der Waals surface area contributed by atoms with Gasteiger partial charge in [0.15, 0.2) is 0 Å². The Labute approximate surface area is 151 Å². The first-order valence-corrected chi connectivity index (χ1v) is 8.02. The molecule has 3 rings (SSSR count). The van der Waals surface area contributed by atoms with Crippen molar-refractivity contribution in [2.45, 2.75) is 25.9 Å². The summed E-state index contributed by atoms with van der Waals surface area (Å²) in [5.41, 5.74) is -0.716. The first kappa shape index (κ1) is 18.2. The van der Waals surface area contributed by atoms with E-state index in [2.05, 4.69) is 0 Å². The van der Waals surface area contributed by atoms with Crippen LogP contribution in [-0.4, -0.2) is 31.3 Å². The zero-order valence-corrected chi connectivity index (χ0v) is 14.3. The van der Waals surface area contributed by atoms with Crippen LogP contribution >= 0.6 is 0 Å². The largest absolute Gasteiger partial charge is 0.481 e. The molecule has 3 aromatic rings. The highest BCUT2D eigenvalue weighted by molar-refractivity contribution is 5.81. The van der Waals surface area contributed by atoms with Crippen LogP contribution in [0.4, 0.5) is 0 Å². The topological polar surface area (TPSA) is 132 Å². The lowest BCUT2D eigenvalue weighted by Gasteiger charge is -2.17. The van der Waals surface area contributed by atoms with E-state index in [0.717, 1.165) is 5.56 Å². The van der Waals surface area contributed by atoms with Crippen LogP contribution in [0.25, 0.3) is 10.9 Å². The molecule has 0 aliphatic rings. The number of nitrogens with zero attached hydrogens (tertiary/aromatic N) is 2. The van der Waals surface area contributed by atoms with Gasteiger partial charge >= 0.3 is 17.6 Å². The van der Waals surface area contributed by atoms with E-state index in [1.807, 2.05) is 0 Å². The number of furan rings is 1. The molecule has 9 nitrogen and oxygen atoms in total. The van der Waals surface area contributed by atoms with Gasteiger partial charge in [-0.25, -0.2) is 14.2 Å². The molecule has 2 aromatic heterocycles. The molecule has 0 spiro atoms. The van der Waals surface area contributed by atoms with Crippen LogP contribution in [-0.2, 0) is 16.1 Å². The zero-order chi connectivity index (χ0) is 19.7. The fourth-order valence-corrected chi connectivity index (χ4v) is 2.95. The van der Waals surface area contributed by atoms with Crippen molar-refractivity contribution < 1.29 is 24.2 Å². The lowest BCUT2D eigenvalue weighted by Crippen LogP contribution is -2.45. The van der Waals surface area contributed by atoms with Gasteiger partial charge in [-0.05, 0) is 31.2 Å². The van der Waals surface area contributed by atoms with Crippen LogP contribution < -0.4 is 11.2 Å². The summed E-state index contributed by atoms with van der Waals surface area (Å²) in [6.45, 7) is 1.71. The summed E-state index contributed by atoms with van der Waals surface area (Å²) >= 11 is 0. The van der Waals surface area contributed by atoms with Crippen LogP contribution in [0.5, 0.6) is 0 Å². The third-order valence-electron chi connectivity index (χ3n) is 4.19. The maximum atomic E-state index is 13.0. The average molecular weight is 372 g/mol. The van der Waals surface area contributed by atoms with E-state index in [1.165, 1.54) is 16.9 Å². The molecule has 2 N–H and O–H groups in total. The Bertz CT molecular complexity index is 1140. The van der Waals surface area contributed by atoms with E-state index in [0.29, 0.717) is 15.8 Å².